The van der Waals surface area contributed by atoms with Crippen LogP contribution in [0.2, 0.25) is 0 Å². The van der Waals surface area contributed by atoms with E-state index in [0.717, 1.165) is 29.0 Å². The molecule has 1 N–H and O–H groups in total. The molecule has 0 radical (unpaired) electrons. The fraction of sp³-hybridized carbons (Fsp3) is 0.391. The zero-order chi connectivity index (χ0) is 22.9. The Labute approximate surface area is 185 Å². The first-order valence-electron chi connectivity index (χ1n) is 10.3. The van der Waals surface area contributed by atoms with Crippen molar-refractivity contribution in [3.05, 3.63) is 71.8 Å². The van der Waals surface area contributed by atoms with Gasteiger partial charge in [-0.15, -0.1) is 0 Å². The fourth-order valence-electron chi connectivity index (χ4n) is 3.10. The lowest BCUT2D eigenvalue weighted by Crippen LogP contribution is -2.47. The largest absolute Gasteiger partial charge is 0.354 e. The number of rotatable bonds is 11. The van der Waals surface area contributed by atoms with E-state index in [-0.39, 0.29) is 19.0 Å². The molecule has 0 aromatic heterocycles. The number of nitrogens with zero attached hydrogens (tertiary/aromatic N) is 2. The summed E-state index contributed by atoms with van der Waals surface area (Å²) in [6.45, 7) is 2.37. The minimum Gasteiger partial charge on any atom is -0.354 e. The van der Waals surface area contributed by atoms with Gasteiger partial charge in [-0.25, -0.2) is 8.42 Å². The number of carbonyl (C=O) groups excluding carboxylic acids is 2. The predicted octanol–water partition coefficient (Wildman–Crippen LogP) is 2.56. The minimum absolute atomic E-state index is 0.179. The van der Waals surface area contributed by atoms with Gasteiger partial charge < -0.3 is 10.2 Å². The SMILES string of the molecule is CCCCNC(=O)C(c1ccccc1)N(Cc1ccccc1)C(=O)CN(C)S(C)(=O)=O. The zero-order valence-corrected chi connectivity index (χ0v) is 19.1. The molecule has 0 aliphatic carbocycles. The highest BCUT2D eigenvalue weighted by Gasteiger charge is 2.32. The molecular weight excluding hydrogens is 414 g/mol. The van der Waals surface area contributed by atoms with Gasteiger partial charge in [0.05, 0.1) is 12.8 Å². The van der Waals surface area contributed by atoms with Gasteiger partial charge in [-0.1, -0.05) is 74.0 Å². The van der Waals surface area contributed by atoms with Gasteiger partial charge in [0, 0.05) is 20.1 Å². The van der Waals surface area contributed by atoms with Gasteiger partial charge in [0.15, 0.2) is 0 Å². The Hall–Kier alpha value is -2.71. The molecule has 0 heterocycles. The van der Waals surface area contributed by atoms with Gasteiger partial charge >= 0.3 is 0 Å². The van der Waals surface area contributed by atoms with Crippen LogP contribution in [0.5, 0.6) is 0 Å². The number of sulfonamides is 1. The van der Waals surface area contributed by atoms with E-state index in [1.165, 1.54) is 11.9 Å². The highest BCUT2D eigenvalue weighted by atomic mass is 32.2. The van der Waals surface area contributed by atoms with Crippen LogP contribution in [0.4, 0.5) is 0 Å². The molecule has 0 aliphatic heterocycles. The Morgan fingerprint density at radius 2 is 1.58 bits per heavy atom. The summed E-state index contributed by atoms with van der Waals surface area (Å²) >= 11 is 0. The van der Waals surface area contributed by atoms with Crippen molar-refractivity contribution in [2.75, 3.05) is 26.4 Å². The third-order valence-electron chi connectivity index (χ3n) is 4.95. The second-order valence-electron chi connectivity index (χ2n) is 7.48. The Morgan fingerprint density at radius 1 is 1.00 bits per heavy atom. The van der Waals surface area contributed by atoms with E-state index in [1.807, 2.05) is 55.5 Å². The molecule has 31 heavy (non-hydrogen) atoms. The average molecular weight is 446 g/mol. The number of hydrogen-bond acceptors (Lipinski definition) is 4. The zero-order valence-electron chi connectivity index (χ0n) is 18.3. The Morgan fingerprint density at radius 3 is 2.13 bits per heavy atom. The second-order valence-corrected chi connectivity index (χ2v) is 9.57. The number of unbranched alkanes of at least 4 members (excludes halogenated alkanes) is 1. The van der Waals surface area contributed by atoms with Crippen molar-refractivity contribution in [1.29, 1.82) is 0 Å². The normalized spacial score (nSPS) is 12.4. The Bertz CT molecular complexity index is 949. The van der Waals surface area contributed by atoms with Crippen molar-refractivity contribution in [3.63, 3.8) is 0 Å². The molecule has 2 amide bonds. The molecule has 0 saturated carbocycles. The van der Waals surface area contributed by atoms with E-state index >= 15 is 0 Å². The molecule has 8 heteroatoms. The quantitative estimate of drug-likeness (QED) is 0.539. The van der Waals surface area contributed by atoms with Crippen molar-refractivity contribution < 1.29 is 18.0 Å². The number of amides is 2. The summed E-state index contributed by atoms with van der Waals surface area (Å²) in [6, 6.07) is 17.5. The van der Waals surface area contributed by atoms with Crippen LogP contribution in [0, 0.1) is 0 Å². The van der Waals surface area contributed by atoms with Crippen LogP contribution < -0.4 is 5.32 Å². The third kappa shape index (κ3) is 7.48. The van der Waals surface area contributed by atoms with Gasteiger partial charge in [0.2, 0.25) is 21.8 Å². The molecule has 168 valence electrons. The maximum Gasteiger partial charge on any atom is 0.247 e. The number of hydrogen-bond donors (Lipinski definition) is 1. The molecule has 7 nitrogen and oxygen atoms in total. The lowest BCUT2D eigenvalue weighted by molar-refractivity contribution is -0.141. The number of carbonyl (C=O) groups is 2. The molecule has 1 unspecified atom stereocenters. The van der Waals surface area contributed by atoms with E-state index in [1.54, 1.807) is 12.1 Å². The molecule has 0 bridgehead atoms. The monoisotopic (exact) mass is 445 g/mol. The fourth-order valence-corrected chi connectivity index (χ4v) is 3.44. The summed E-state index contributed by atoms with van der Waals surface area (Å²) < 4.78 is 24.7. The summed E-state index contributed by atoms with van der Waals surface area (Å²) in [5, 5.41) is 2.92. The Kier molecular flexibility index (Phi) is 9.21. The summed E-state index contributed by atoms with van der Waals surface area (Å²) in [4.78, 5) is 27.9. The van der Waals surface area contributed by atoms with Crippen molar-refractivity contribution in [3.8, 4) is 0 Å². The number of nitrogens with one attached hydrogen (secondary N) is 1. The highest BCUT2D eigenvalue weighted by molar-refractivity contribution is 7.88. The standard InChI is InChI=1S/C23H31N3O4S/c1-4-5-16-24-23(28)22(20-14-10-7-11-15-20)26(17-19-12-8-6-9-13-19)21(27)18-25(2)31(3,29)30/h6-15,22H,4-5,16-18H2,1-3H3,(H,24,28). The third-order valence-corrected chi connectivity index (χ3v) is 6.21. The van der Waals surface area contributed by atoms with Crippen LogP contribution >= 0.6 is 0 Å². The van der Waals surface area contributed by atoms with Crippen LogP contribution in [0.1, 0.15) is 36.9 Å². The molecule has 2 rings (SSSR count). The second kappa shape index (κ2) is 11.6. The van der Waals surface area contributed by atoms with Gasteiger partial charge in [-0.3, -0.25) is 9.59 Å². The molecule has 1 atom stereocenters. The van der Waals surface area contributed by atoms with Crippen LogP contribution in [0.25, 0.3) is 0 Å². The minimum atomic E-state index is -3.55. The number of benzene rings is 2. The van der Waals surface area contributed by atoms with E-state index < -0.39 is 22.0 Å². The van der Waals surface area contributed by atoms with E-state index in [2.05, 4.69) is 5.32 Å². The molecule has 0 aliphatic rings. The summed E-state index contributed by atoms with van der Waals surface area (Å²) in [6.07, 6.45) is 2.81. The van der Waals surface area contributed by atoms with Crippen molar-refractivity contribution in [1.82, 2.24) is 14.5 Å². The van der Waals surface area contributed by atoms with Crippen molar-refractivity contribution in [2.45, 2.75) is 32.4 Å². The average Bonchev–Trinajstić information content (AvgIpc) is 2.74. The van der Waals surface area contributed by atoms with Crippen LogP contribution in [0.3, 0.4) is 0 Å². The highest BCUT2D eigenvalue weighted by Crippen LogP contribution is 2.24. The van der Waals surface area contributed by atoms with Crippen LogP contribution in [0.15, 0.2) is 60.7 Å². The first-order valence-corrected chi connectivity index (χ1v) is 12.2. The topological polar surface area (TPSA) is 86.8 Å². The van der Waals surface area contributed by atoms with Gasteiger partial charge in [-0.05, 0) is 17.5 Å². The van der Waals surface area contributed by atoms with Gasteiger partial charge in [0.25, 0.3) is 0 Å². The van der Waals surface area contributed by atoms with Crippen molar-refractivity contribution >= 4 is 21.8 Å². The van der Waals surface area contributed by atoms with Gasteiger partial charge in [0.1, 0.15) is 6.04 Å². The first kappa shape index (κ1) is 24.6. The molecule has 2 aromatic carbocycles. The maximum atomic E-state index is 13.3. The van der Waals surface area contributed by atoms with E-state index in [0.29, 0.717) is 12.1 Å². The van der Waals surface area contributed by atoms with Crippen LogP contribution in [-0.4, -0.2) is 55.8 Å². The van der Waals surface area contributed by atoms with Gasteiger partial charge in [-0.2, -0.15) is 4.31 Å². The summed E-state index contributed by atoms with van der Waals surface area (Å²) in [5.41, 5.74) is 1.52. The molecular formula is C23H31N3O4S. The lowest BCUT2D eigenvalue weighted by atomic mass is 10.0. The Balaban J connectivity index is 2.43. The van der Waals surface area contributed by atoms with Crippen molar-refractivity contribution in [2.24, 2.45) is 0 Å². The predicted molar refractivity (Wildman–Crippen MR) is 122 cm³/mol. The van der Waals surface area contributed by atoms with E-state index in [9.17, 15) is 18.0 Å². The molecule has 2 aromatic rings. The maximum absolute atomic E-state index is 13.3. The summed E-state index contributed by atoms with van der Waals surface area (Å²) in [5.74, 6) is -0.734. The molecule has 0 fully saturated rings. The van der Waals surface area contributed by atoms with Crippen LogP contribution in [-0.2, 0) is 26.2 Å². The summed E-state index contributed by atoms with van der Waals surface area (Å²) in [7, 11) is -2.19. The number of likely N-dealkylation sites (N-methyl/N-ethyl adjacent to an activating group) is 1. The van der Waals surface area contributed by atoms with E-state index in [4.69, 9.17) is 0 Å². The molecule has 0 saturated heterocycles. The lowest BCUT2D eigenvalue weighted by Gasteiger charge is -2.32. The first-order chi connectivity index (χ1) is 14.7. The smallest absolute Gasteiger partial charge is 0.247 e. The molecule has 0 spiro atoms.